The summed E-state index contributed by atoms with van der Waals surface area (Å²) in [5.74, 6) is 0.504. The first-order valence-electron chi connectivity index (χ1n) is 8.50. The number of benzene rings is 1. The lowest BCUT2D eigenvalue weighted by Crippen LogP contribution is -2.27. The number of nitrogens with zero attached hydrogens (tertiary/aromatic N) is 2. The number of carbonyl (C=O) groups is 1. The van der Waals surface area contributed by atoms with E-state index < -0.39 is 0 Å². The second kappa shape index (κ2) is 7.07. The molecule has 1 aliphatic rings. The number of amides is 1. The average Bonchev–Trinajstić information content (AvgIpc) is 3.22. The molecule has 0 unspecified atom stereocenters. The van der Waals surface area contributed by atoms with E-state index in [4.69, 9.17) is 18.0 Å². The first-order chi connectivity index (χ1) is 11.6. The highest BCUT2D eigenvalue weighted by Gasteiger charge is 2.26. The highest BCUT2D eigenvalue weighted by molar-refractivity contribution is 7.73. The van der Waals surface area contributed by atoms with Crippen molar-refractivity contribution in [3.63, 3.8) is 0 Å². The Morgan fingerprint density at radius 2 is 1.79 bits per heavy atom. The molecular weight excluding hydrogens is 338 g/mol. The zero-order valence-corrected chi connectivity index (χ0v) is 15.8. The van der Waals surface area contributed by atoms with Gasteiger partial charge in [-0.2, -0.15) is 0 Å². The topological polar surface area (TPSA) is 51.3 Å². The number of anilines is 1. The van der Waals surface area contributed by atoms with Crippen LogP contribution in [0.15, 0.2) is 18.2 Å². The van der Waals surface area contributed by atoms with Crippen molar-refractivity contribution in [3.05, 3.63) is 38.2 Å². The third kappa shape index (κ3) is 2.89. The first kappa shape index (κ1) is 17.2. The van der Waals surface area contributed by atoms with Gasteiger partial charge in [0.25, 0.3) is 5.91 Å². The highest BCUT2D eigenvalue weighted by atomic mass is 32.1. The summed E-state index contributed by atoms with van der Waals surface area (Å²) in [6.45, 7) is 5.88. The number of aromatic nitrogens is 1. The summed E-state index contributed by atoms with van der Waals surface area (Å²) >= 11 is 6.91. The number of carbonyl (C=O) groups excluding carboxylic acids is 1. The van der Waals surface area contributed by atoms with Gasteiger partial charge in [0.1, 0.15) is 10.7 Å². The predicted octanol–water partition coefficient (Wildman–Crippen LogP) is 4.21. The molecule has 1 amide bonds. The van der Waals surface area contributed by atoms with Crippen LogP contribution in [-0.4, -0.2) is 28.5 Å². The molecule has 6 heteroatoms. The molecule has 2 heterocycles. The molecule has 1 aliphatic heterocycles. The number of nitrogen functional groups attached to an aromatic ring is 1. The standard InChI is InChI=1S/C18H23N3OS2/c1-3-12-8-7-9-13(4-2)14(12)21-16(19)15(24-18(21)23)17(22)20-10-5-6-11-20/h7-9H,3-6,10-11,19H2,1-2H3. The zero-order chi connectivity index (χ0) is 17.3. The van der Waals surface area contributed by atoms with Gasteiger partial charge in [-0.3, -0.25) is 9.36 Å². The lowest BCUT2D eigenvalue weighted by molar-refractivity contribution is 0.0798. The van der Waals surface area contributed by atoms with E-state index in [-0.39, 0.29) is 5.91 Å². The summed E-state index contributed by atoms with van der Waals surface area (Å²) in [5.41, 5.74) is 9.88. The van der Waals surface area contributed by atoms with Crippen molar-refractivity contribution >= 4 is 35.3 Å². The maximum absolute atomic E-state index is 12.8. The van der Waals surface area contributed by atoms with Gasteiger partial charge in [-0.05, 0) is 49.0 Å². The molecule has 0 atom stereocenters. The predicted molar refractivity (Wildman–Crippen MR) is 103 cm³/mol. The minimum atomic E-state index is 0.0203. The fourth-order valence-corrected chi connectivity index (χ4v) is 4.62. The maximum atomic E-state index is 12.8. The zero-order valence-electron chi connectivity index (χ0n) is 14.2. The fraction of sp³-hybridized carbons (Fsp3) is 0.444. The Kier molecular flexibility index (Phi) is 5.06. The third-order valence-corrected chi connectivity index (χ3v) is 6.00. The van der Waals surface area contributed by atoms with Gasteiger partial charge in [0.2, 0.25) is 0 Å². The quantitative estimate of drug-likeness (QED) is 0.830. The number of aryl methyl sites for hydroxylation is 2. The van der Waals surface area contributed by atoms with Crippen LogP contribution in [0, 0.1) is 3.95 Å². The normalized spacial score (nSPS) is 14.3. The molecule has 0 saturated carbocycles. The first-order valence-corrected chi connectivity index (χ1v) is 9.72. The van der Waals surface area contributed by atoms with Gasteiger partial charge < -0.3 is 10.6 Å². The van der Waals surface area contributed by atoms with E-state index >= 15 is 0 Å². The number of likely N-dealkylation sites (tertiary alicyclic amines) is 1. The molecular formula is C18H23N3OS2. The Morgan fingerprint density at radius 1 is 1.21 bits per heavy atom. The number of hydrogen-bond donors (Lipinski definition) is 1. The molecule has 2 aromatic rings. The molecule has 1 fully saturated rings. The second-order valence-electron chi connectivity index (χ2n) is 6.05. The van der Waals surface area contributed by atoms with Crippen LogP contribution in [0.1, 0.15) is 47.5 Å². The van der Waals surface area contributed by atoms with Crippen molar-refractivity contribution in [1.82, 2.24) is 9.47 Å². The highest BCUT2D eigenvalue weighted by Crippen LogP contribution is 2.32. The molecule has 1 aromatic heterocycles. The summed E-state index contributed by atoms with van der Waals surface area (Å²) in [4.78, 5) is 15.2. The van der Waals surface area contributed by atoms with E-state index in [9.17, 15) is 4.79 Å². The summed E-state index contributed by atoms with van der Waals surface area (Å²) in [7, 11) is 0. The third-order valence-electron chi connectivity index (χ3n) is 4.62. The molecule has 3 rings (SSSR count). The van der Waals surface area contributed by atoms with Crippen molar-refractivity contribution < 1.29 is 4.79 Å². The average molecular weight is 362 g/mol. The van der Waals surface area contributed by atoms with Crippen LogP contribution >= 0.6 is 23.6 Å². The van der Waals surface area contributed by atoms with Crippen molar-refractivity contribution in [2.75, 3.05) is 18.8 Å². The Bertz CT molecular complexity index is 794. The summed E-state index contributed by atoms with van der Waals surface area (Å²) in [6.07, 6.45) is 3.93. The second-order valence-corrected chi connectivity index (χ2v) is 7.69. The number of rotatable bonds is 4. The Balaban J connectivity index is 2.14. The lowest BCUT2D eigenvalue weighted by Gasteiger charge is -2.17. The molecule has 1 saturated heterocycles. The van der Waals surface area contributed by atoms with Crippen LogP contribution in [0.4, 0.5) is 5.82 Å². The molecule has 0 spiro atoms. The molecule has 4 nitrogen and oxygen atoms in total. The van der Waals surface area contributed by atoms with Crippen molar-refractivity contribution in [1.29, 1.82) is 0 Å². The monoisotopic (exact) mass is 361 g/mol. The Hall–Kier alpha value is -1.66. The molecule has 128 valence electrons. The van der Waals surface area contributed by atoms with Gasteiger partial charge in [0, 0.05) is 13.1 Å². The largest absolute Gasteiger partial charge is 0.383 e. The number of thiazole rings is 1. The SMILES string of the molecule is CCc1cccc(CC)c1-n1c(N)c(C(=O)N2CCCC2)sc1=S. The molecule has 24 heavy (non-hydrogen) atoms. The van der Waals surface area contributed by atoms with E-state index in [0.717, 1.165) is 44.5 Å². The minimum absolute atomic E-state index is 0.0203. The Morgan fingerprint density at radius 3 is 2.33 bits per heavy atom. The van der Waals surface area contributed by atoms with Gasteiger partial charge in [-0.1, -0.05) is 43.4 Å². The molecule has 0 bridgehead atoms. The van der Waals surface area contributed by atoms with Crippen molar-refractivity contribution in [3.8, 4) is 5.69 Å². The van der Waals surface area contributed by atoms with Crippen LogP contribution in [-0.2, 0) is 12.8 Å². The number of nitrogens with two attached hydrogens (primary N) is 1. The van der Waals surface area contributed by atoms with E-state index in [1.165, 1.54) is 22.5 Å². The summed E-state index contributed by atoms with van der Waals surface area (Å²) in [6, 6.07) is 6.29. The smallest absolute Gasteiger partial charge is 0.267 e. The van der Waals surface area contributed by atoms with Gasteiger partial charge in [-0.25, -0.2) is 0 Å². The number of hydrogen-bond acceptors (Lipinski definition) is 4. The van der Waals surface area contributed by atoms with Crippen LogP contribution in [0.3, 0.4) is 0 Å². The van der Waals surface area contributed by atoms with Crippen LogP contribution in [0.25, 0.3) is 5.69 Å². The van der Waals surface area contributed by atoms with Gasteiger partial charge in [0.15, 0.2) is 3.95 Å². The van der Waals surface area contributed by atoms with Crippen molar-refractivity contribution in [2.45, 2.75) is 39.5 Å². The summed E-state index contributed by atoms with van der Waals surface area (Å²) in [5, 5.41) is 0. The Labute approximate surface area is 151 Å². The van der Waals surface area contributed by atoms with Crippen LogP contribution in [0.2, 0.25) is 0 Å². The van der Waals surface area contributed by atoms with E-state index in [1.54, 1.807) is 0 Å². The van der Waals surface area contributed by atoms with Crippen LogP contribution in [0.5, 0.6) is 0 Å². The van der Waals surface area contributed by atoms with Crippen LogP contribution < -0.4 is 5.73 Å². The molecule has 1 aromatic carbocycles. The lowest BCUT2D eigenvalue weighted by atomic mass is 10.0. The van der Waals surface area contributed by atoms with Gasteiger partial charge in [-0.15, -0.1) is 0 Å². The molecule has 0 aliphatic carbocycles. The van der Waals surface area contributed by atoms with E-state index in [1.807, 2.05) is 9.47 Å². The van der Waals surface area contributed by atoms with Gasteiger partial charge >= 0.3 is 0 Å². The summed E-state index contributed by atoms with van der Waals surface area (Å²) < 4.78 is 2.55. The molecule has 0 radical (unpaired) electrons. The number of para-hydroxylation sites is 1. The van der Waals surface area contributed by atoms with E-state index in [0.29, 0.717) is 14.6 Å². The van der Waals surface area contributed by atoms with Gasteiger partial charge in [0.05, 0.1) is 5.69 Å². The van der Waals surface area contributed by atoms with Crippen molar-refractivity contribution in [2.24, 2.45) is 0 Å². The minimum Gasteiger partial charge on any atom is -0.383 e. The van der Waals surface area contributed by atoms with E-state index in [2.05, 4.69) is 32.0 Å². The maximum Gasteiger partial charge on any atom is 0.267 e. The fourth-order valence-electron chi connectivity index (χ4n) is 3.32. The molecule has 2 N–H and O–H groups in total.